The Labute approximate surface area is 555 Å². The molecule has 2 aromatic carbocycles. The number of aromatic carboxylic acids is 1. The first-order chi connectivity index (χ1) is 45.4. The monoisotopic (exact) mass is 1340 g/mol. The Hall–Kier alpha value is -9.84. The molecule has 4 fully saturated rings. The summed E-state index contributed by atoms with van der Waals surface area (Å²) < 4.78 is 36.5. The van der Waals surface area contributed by atoms with E-state index < -0.39 is 24.2 Å². The van der Waals surface area contributed by atoms with E-state index in [0.717, 1.165) is 59.2 Å². The number of aliphatic hydroxyl groups is 4. The van der Waals surface area contributed by atoms with Gasteiger partial charge in [0.15, 0.2) is 34.0 Å². The maximum absolute atomic E-state index is 13.1. The normalized spacial score (nSPS) is 20.3. The van der Waals surface area contributed by atoms with Crippen LogP contribution in [0.1, 0.15) is 34.8 Å². The minimum atomic E-state index is -1.09. The Morgan fingerprint density at radius 1 is 0.505 bits per heavy atom. The SMILES string of the molecule is C[C@@H]1CN(c2nccn3cccc23)C[C@@H]1O.C[C@@H]1CNC[C@@H]1O.Cl.Clc1nccn2cccc12.N[C@@H]1CN(c2nccn3cccc23)C[C@@H]1O.O=C(N[C@@H]1CN(c2nccn3cccc23)C[C@@H]1O)c1ccn(-c2ccc(F)cc2)n1.O=C(O)c1ccn(-c2ccc(F)cc2)n1. The minimum absolute atomic E-state index is 0. The number of carbonyl (C=O) groups is 2. The van der Waals surface area contributed by atoms with E-state index in [-0.39, 0.29) is 59.6 Å². The summed E-state index contributed by atoms with van der Waals surface area (Å²) in [5.74, 6) is 1.25. The molecule has 29 heteroatoms. The molecule has 16 rings (SSSR count). The number of rotatable bonds is 8. The maximum Gasteiger partial charge on any atom is 0.356 e. The summed E-state index contributed by atoms with van der Waals surface area (Å²) in [6.45, 7) is 9.43. The number of carbonyl (C=O) groups excluding carboxylic acids is 1. The molecule has 4 saturated heterocycles. The number of nitrogens with one attached hydrogen (secondary N) is 2. The highest BCUT2D eigenvalue weighted by molar-refractivity contribution is 6.32. The Morgan fingerprint density at radius 3 is 1.35 bits per heavy atom. The molecule has 10 aromatic heterocycles. The van der Waals surface area contributed by atoms with Crippen molar-refractivity contribution in [3.05, 3.63) is 224 Å². The van der Waals surface area contributed by atoms with Crippen molar-refractivity contribution < 1.29 is 43.9 Å². The van der Waals surface area contributed by atoms with Gasteiger partial charge in [-0.05, 0) is 115 Å². The van der Waals surface area contributed by atoms with Crippen LogP contribution in [0.25, 0.3) is 33.4 Å². The summed E-state index contributed by atoms with van der Waals surface area (Å²) in [4.78, 5) is 46.5. The van der Waals surface area contributed by atoms with Gasteiger partial charge in [-0.1, -0.05) is 25.4 Å². The number of aliphatic hydroxyl groups excluding tert-OH is 4. The molecule has 4 aliphatic heterocycles. The zero-order chi connectivity index (χ0) is 66.0. The maximum atomic E-state index is 13.1. The Kier molecular flexibility index (Phi) is 22.2. The molecule has 496 valence electrons. The third kappa shape index (κ3) is 16.4. The summed E-state index contributed by atoms with van der Waals surface area (Å²) in [5.41, 5.74) is 11.3. The minimum Gasteiger partial charge on any atom is -0.476 e. The lowest BCUT2D eigenvalue weighted by molar-refractivity contribution is 0.0689. The number of aromatic nitrogens is 12. The molecule has 14 heterocycles. The molecule has 95 heavy (non-hydrogen) atoms. The fraction of sp³-hybridized carbons (Fsp3) is 0.273. The van der Waals surface area contributed by atoms with Crippen molar-refractivity contribution >= 4 is 75.4 Å². The number of amides is 1. The molecule has 0 saturated carbocycles. The number of β-amino-alcohol motifs (C(OH)–C–C–N with tert-alkyl or cyclic N) is 4. The molecule has 0 radical (unpaired) electrons. The van der Waals surface area contributed by atoms with Crippen LogP contribution in [-0.2, 0) is 0 Å². The lowest BCUT2D eigenvalue weighted by atomic mass is 10.1. The number of hydrogen-bond donors (Lipinski definition) is 8. The van der Waals surface area contributed by atoms with E-state index in [1.165, 1.54) is 58.0 Å². The number of nitrogens with zero attached hydrogens (tertiary/aromatic N) is 15. The number of hydrogen-bond acceptors (Lipinski definition) is 17. The van der Waals surface area contributed by atoms with Crippen LogP contribution in [0.4, 0.5) is 26.2 Å². The van der Waals surface area contributed by atoms with E-state index in [9.17, 15) is 33.7 Å². The lowest BCUT2D eigenvalue weighted by Gasteiger charge is -2.18. The molecule has 0 unspecified atom stereocenters. The second-order valence-electron chi connectivity index (χ2n) is 23.1. The number of benzene rings is 2. The van der Waals surface area contributed by atoms with Crippen LogP contribution in [0.3, 0.4) is 0 Å². The summed E-state index contributed by atoms with van der Waals surface area (Å²) in [6.07, 6.45) is 24.0. The molecular weight excluding hydrogens is 1270 g/mol. The molecule has 1 amide bonds. The Morgan fingerprint density at radius 2 is 0.937 bits per heavy atom. The van der Waals surface area contributed by atoms with Gasteiger partial charge in [0, 0.05) is 151 Å². The zero-order valence-electron chi connectivity index (χ0n) is 51.6. The average molecular weight is 1340 g/mol. The van der Waals surface area contributed by atoms with Crippen molar-refractivity contribution in [3.63, 3.8) is 0 Å². The molecule has 12 aromatic rings. The van der Waals surface area contributed by atoms with Gasteiger partial charge in [-0.25, -0.2) is 42.9 Å². The van der Waals surface area contributed by atoms with Gasteiger partial charge in [-0.3, -0.25) is 4.79 Å². The Balaban J connectivity index is 0.000000131. The zero-order valence-corrected chi connectivity index (χ0v) is 53.2. The summed E-state index contributed by atoms with van der Waals surface area (Å²) in [6, 6.07) is 29.6. The van der Waals surface area contributed by atoms with Crippen molar-refractivity contribution in [2.45, 2.75) is 50.3 Å². The highest BCUT2D eigenvalue weighted by Gasteiger charge is 2.35. The van der Waals surface area contributed by atoms with Crippen LogP contribution in [0, 0.1) is 23.5 Å². The van der Waals surface area contributed by atoms with Gasteiger partial charge in [-0.15, -0.1) is 12.4 Å². The molecule has 0 bridgehead atoms. The van der Waals surface area contributed by atoms with Crippen molar-refractivity contribution in [1.82, 2.24) is 67.7 Å². The van der Waals surface area contributed by atoms with Crippen molar-refractivity contribution in [2.75, 3.05) is 67.1 Å². The second kappa shape index (κ2) is 30.9. The summed E-state index contributed by atoms with van der Waals surface area (Å²) in [7, 11) is 0. The molecule has 0 aliphatic carbocycles. The van der Waals surface area contributed by atoms with E-state index in [0.29, 0.717) is 61.1 Å². The highest BCUT2D eigenvalue weighted by atomic mass is 35.5. The van der Waals surface area contributed by atoms with Crippen molar-refractivity contribution in [2.24, 2.45) is 17.6 Å². The van der Waals surface area contributed by atoms with E-state index >= 15 is 0 Å². The van der Waals surface area contributed by atoms with Crippen LogP contribution in [0.15, 0.2) is 196 Å². The van der Waals surface area contributed by atoms with Crippen LogP contribution in [0.2, 0.25) is 5.15 Å². The quantitative estimate of drug-likeness (QED) is 0.0823. The first-order valence-corrected chi connectivity index (χ1v) is 30.8. The molecular formula is C66H72Cl2F2N18O7. The van der Waals surface area contributed by atoms with Gasteiger partial charge in [0.2, 0.25) is 0 Å². The van der Waals surface area contributed by atoms with E-state index in [1.54, 1.807) is 49.2 Å². The number of halogens is 4. The van der Waals surface area contributed by atoms with Gasteiger partial charge in [0.1, 0.15) is 11.6 Å². The predicted octanol–water partition coefficient (Wildman–Crippen LogP) is 6.34. The van der Waals surface area contributed by atoms with Crippen LogP contribution in [0.5, 0.6) is 0 Å². The van der Waals surface area contributed by atoms with Crippen molar-refractivity contribution in [1.29, 1.82) is 0 Å². The first-order valence-electron chi connectivity index (χ1n) is 30.4. The van der Waals surface area contributed by atoms with Crippen LogP contribution >= 0.6 is 24.0 Å². The lowest BCUT2D eigenvalue weighted by Crippen LogP contribution is -2.43. The number of carboxylic acids is 1. The van der Waals surface area contributed by atoms with E-state index in [1.807, 2.05) is 122 Å². The third-order valence-corrected chi connectivity index (χ3v) is 16.7. The number of anilines is 3. The molecule has 25 nitrogen and oxygen atoms in total. The molecule has 4 aliphatic rings. The van der Waals surface area contributed by atoms with Gasteiger partial charge in [0.05, 0.1) is 63.9 Å². The predicted molar refractivity (Wildman–Crippen MR) is 358 cm³/mol. The number of nitrogens with two attached hydrogens (primary N) is 1. The third-order valence-electron chi connectivity index (χ3n) is 16.4. The molecule has 9 N–H and O–H groups in total. The second-order valence-corrected chi connectivity index (χ2v) is 23.4. The van der Waals surface area contributed by atoms with E-state index in [4.69, 9.17) is 27.5 Å². The van der Waals surface area contributed by atoms with Crippen molar-refractivity contribution in [3.8, 4) is 11.4 Å². The van der Waals surface area contributed by atoms with Gasteiger partial charge >= 0.3 is 5.97 Å². The fourth-order valence-electron chi connectivity index (χ4n) is 11.1. The summed E-state index contributed by atoms with van der Waals surface area (Å²) in [5, 5.41) is 62.1. The van der Waals surface area contributed by atoms with Crippen LogP contribution < -0.4 is 31.1 Å². The standard InChI is InChI=1S/C21H19FN6O2.C12H15N3O.C11H14N4O.C10H7FN2O2.C7H5ClN2.C5H11NO.ClH/c22-14-3-5-15(6-4-14)28-10-7-16(25-28)21(30)24-17-12-27(13-19(17)29)20-18-2-1-9-26(18)11-8-23-20;1-9-7-15(8-11(9)16)12-10-3-2-5-14(10)6-4-13-12;12-8-6-15(7-10(8)16)11-9-2-1-4-14(9)5-3-13-11;11-7-1-3-8(4-2-7)13-6-5-9(12-13)10(14)15;8-7-6-2-1-4-10(6)5-3-9-7;1-4-2-6-3-5(4)7;/h1-11,17,19,29H,12-13H2,(H,24,30);2-6,9,11,16H,7-8H2,1H3;1-5,8,10,16H,6-7,12H2;1-6H,(H,14,15);1-5H;4-7H,2-3H2,1H3;1H/t17-,19+;9-,11+;8-,10+;;;4-,5+;/m111..1./s1. The fourth-order valence-corrected chi connectivity index (χ4v) is 11.4. The van der Waals surface area contributed by atoms with Gasteiger partial charge in [-0.2, -0.15) is 10.2 Å². The van der Waals surface area contributed by atoms with Crippen LogP contribution in [-0.4, -0.2) is 183 Å². The highest BCUT2D eigenvalue weighted by Crippen LogP contribution is 2.28. The number of fused-ring (bicyclic) bond motifs is 4. The smallest absolute Gasteiger partial charge is 0.356 e. The molecule has 0 spiro atoms. The topological polar surface area (TPSA) is 300 Å². The Bertz CT molecular complexity index is 4350. The number of carboxylic acid groups (broad SMARTS) is 1. The summed E-state index contributed by atoms with van der Waals surface area (Å²) >= 11 is 5.77. The van der Waals surface area contributed by atoms with Gasteiger partial charge in [0.25, 0.3) is 5.91 Å². The van der Waals surface area contributed by atoms with Gasteiger partial charge < -0.3 is 74.2 Å². The largest absolute Gasteiger partial charge is 0.476 e. The first kappa shape index (κ1) is 68.0. The average Bonchev–Trinajstić information content (AvgIpc) is 1.70. The van der Waals surface area contributed by atoms with E-state index in [2.05, 4.69) is 63.1 Å². The molecule has 8 atom stereocenters.